The number of aromatic nitrogens is 4. The highest BCUT2D eigenvalue weighted by Gasteiger charge is 2.45. The fraction of sp³-hybridized carbons (Fsp3) is 0.413. The molecule has 3 N–H and O–H groups in total. The minimum absolute atomic E-state index is 0.0971. The van der Waals surface area contributed by atoms with Crippen molar-refractivity contribution < 1.29 is 33.4 Å². The molecule has 0 radical (unpaired) electrons. The van der Waals surface area contributed by atoms with Crippen LogP contribution in [0.4, 0.5) is 5.82 Å². The van der Waals surface area contributed by atoms with Gasteiger partial charge in [0.05, 0.1) is 49.0 Å². The Morgan fingerprint density at radius 3 is 2.23 bits per heavy atom. The zero-order valence-corrected chi connectivity index (χ0v) is 34.6. The van der Waals surface area contributed by atoms with Gasteiger partial charge in [0, 0.05) is 31.6 Å². The van der Waals surface area contributed by atoms with Crippen molar-refractivity contribution in [2.45, 2.75) is 56.5 Å². The van der Waals surface area contributed by atoms with Crippen molar-refractivity contribution in [1.29, 1.82) is 0 Å². The number of para-hydroxylation sites is 1. The quantitative estimate of drug-likeness (QED) is 0.108. The first-order chi connectivity index (χ1) is 30.3. The number of amides is 4. The van der Waals surface area contributed by atoms with Crippen molar-refractivity contribution >= 4 is 40.5 Å². The maximum Gasteiger partial charge on any atom is 0.262 e. The van der Waals surface area contributed by atoms with Gasteiger partial charge in [-0.3, -0.25) is 34.3 Å². The highest BCUT2D eigenvalue weighted by molar-refractivity contribution is 6.23. The van der Waals surface area contributed by atoms with Gasteiger partial charge in [-0.2, -0.15) is 5.10 Å². The summed E-state index contributed by atoms with van der Waals surface area (Å²) in [5.41, 5.74) is 10.5. The Hall–Kier alpha value is -6.07. The number of rotatable bonds is 15. The van der Waals surface area contributed by atoms with Crippen LogP contribution in [0.5, 0.6) is 11.5 Å². The third kappa shape index (κ3) is 8.81. The summed E-state index contributed by atoms with van der Waals surface area (Å²) in [5, 5.41) is 8.09. The molecule has 0 aliphatic carbocycles. The van der Waals surface area contributed by atoms with E-state index in [0.717, 1.165) is 109 Å². The van der Waals surface area contributed by atoms with Crippen LogP contribution >= 0.6 is 0 Å². The van der Waals surface area contributed by atoms with Crippen LogP contribution in [0.15, 0.2) is 79.1 Å². The maximum atomic E-state index is 13.3. The molecule has 2 aromatic heterocycles. The maximum absolute atomic E-state index is 13.3. The second-order valence-corrected chi connectivity index (χ2v) is 16.4. The number of imide groups is 2. The predicted molar refractivity (Wildman–Crippen MR) is 230 cm³/mol. The van der Waals surface area contributed by atoms with Gasteiger partial charge >= 0.3 is 0 Å². The molecule has 0 bridgehead atoms. The number of piperidine rings is 3. The highest BCUT2D eigenvalue weighted by atomic mass is 16.5. The van der Waals surface area contributed by atoms with E-state index in [2.05, 4.69) is 25.1 Å². The number of nitrogens with two attached hydrogens (primary N) is 1. The number of benzene rings is 3. The number of anilines is 1. The summed E-state index contributed by atoms with van der Waals surface area (Å²) < 4.78 is 20.0. The summed E-state index contributed by atoms with van der Waals surface area (Å²) in [6.07, 6.45) is 5.62. The van der Waals surface area contributed by atoms with Crippen LogP contribution in [0.2, 0.25) is 0 Å². The predicted octanol–water partition coefficient (Wildman–Crippen LogP) is 4.82. The lowest BCUT2D eigenvalue weighted by Crippen LogP contribution is -2.54. The van der Waals surface area contributed by atoms with E-state index >= 15 is 0 Å². The zero-order valence-electron chi connectivity index (χ0n) is 34.6. The van der Waals surface area contributed by atoms with Gasteiger partial charge in [-0.25, -0.2) is 14.6 Å². The van der Waals surface area contributed by atoms with E-state index in [1.807, 2.05) is 71.4 Å². The molecule has 2 unspecified atom stereocenters. The van der Waals surface area contributed by atoms with Gasteiger partial charge < -0.3 is 24.8 Å². The van der Waals surface area contributed by atoms with Gasteiger partial charge in [-0.15, -0.1) is 0 Å². The van der Waals surface area contributed by atoms with Crippen molar-refractivity contribution in [3.63, 3.8) is 0 Å². The molecule has 9 rings (SSSR count). The molecule has 6 heterocycles. The zero-order chi connectivity index (χ0) is 42.6. The molecule has 4 aliphatic rings. The number of ether oxygens (including phenoxy) is 3. The Kier molecular flexibility index (Phi) is 12.3. The van der Waals surface area contributed by atoms with Crippen molar-refractivity contribution in [3.8, 4) is 22.8 Å². The van der Waals surface area contributed by atoms with Gasteiger partial charge in [-0.1, -0.05) is 24.3 Å². The van der Waals surface area contributed by atoms with E-state index < -0.39 is 23.8 Å². The van der Waals surface area contributed by atoms with Crippen molar-refractivity contribution in [1.82, 2.24) is 39.8 Å². The van der Waals surface area contributed by atoms with E-state index in [1.54, 1.807) is 6.07 Å². The molecule has 16 heteroatoms. The minimum atomic E-state index is -0.963. The largest absolute Gasteiger partial charge is 0.457 e. The Morgan fingerprint density at radius 2 is 1.47 bits per heavy atom. The Balaban J connectivity index is 0.690. The summed E-state index contributed by atoms with van der Waals surface area (Å²) in [6.45, 7) is 7.55. The number of carbonyl (C=O) groups is 4. The van der Waals surface area contributed by atoms with E-state index in [-0.39, 0.29) is 30.7 Å². The van der Waals surface area contributed by atoms with Gasteiger partial charge in [0.25, 0.3) is 11.8 Å². The van der Waals surface area contributed by atoms with Crippen molar-refractivity contribution in [2.75, 3.05) is 71.4 Å². The van der Waals surface area contributed by atoms with Crippen molar-refractivity contribution in [3.05, 3.63) is 95.8 Å². The molecule has 2 atom stereocenters. The molecule has 4 amide bonds. The molecular weight excluding hydrogens is 791 g/mol. The average Bonchev–Trinajstić information content (AvgIpc) is 3.80. The first-order valence-corrected chi connectivity index (χ1v) is 21.6. The summed E-state index contributed by atoms with van der Waals surface area (Å²) >= 11 is 0. The van der Waals surface area contributed by atoms with Crippen LogP contribution in [-0.2, 0) is 19.1 Å². The van der Waals surface area contributed by atoms with Crippen LogP contribution in [0.1, 0.15) is 76.8 Å². The van der Waals surface area contributed by atoms with Crippen LogP contribution in [0.3, 0.4) is 0 Å². The van der Waals surface area contributed by atoms with E-state index in [0.29, 0.717) is 43.4 Å². The Bertz CT molecular complexity index is 2430. The number of hydrogen-bond acceptors (Lipinski definition) is 13. The number of nitrogen functional groups attached to an aromatic ring is 1. The normalized spacial score (nSPS) is 20.2. The number of fused-ring (bicyclic) bond motifs is 2. The lowest BCUT2D eigenvalue weighted by molar-refractivity contribution is -0.136. The van der Waals surface area contributed by atoms with Crippen LogP contribution in [-0.4, -0.2) is 130 Å². The third-order valence-electron chi connectivity index (χ3n) is 12.4. The summed E-state index contributed by atoms with van der Waals surface area (Å²) in [4.78, 5) is 65.2. The van der Waals surface area contributed by atoms with Crippen LogP contribution < -0.4 is 15.8 Å². The Labute approximate surface area is 359 Å². The molecule has 16 nitrogen and oxygen atoms in total. The van der Waals surface area contributed by atoms with Gasteiger partial charge in [0.15, 0.2) is 5.65 Å². The number of carbonyl (C=O) groups excluding carboxylic acids is 4. The molecule has 3 fully saturated rings. The first-order valence-electron chi connectivity index (χ1n) is 21.6. The fourth-order valence-corrected chi connectivity index (χ4v) is 9.13. The van der Waals surface area contributed by atoms with Gasteiger partial charge in [0.2, 0.25) is 11.8 Å². The topological polar surface area (TPSA) is 187 Å². The number of nitrogens with one attached hydrogen (secondary N) is 1. The van der Waals surface area contributed by atoms with E-state index in [4.69, 9.17) is 25.0 Å². The fourth-order valence-electron chi connectivity index (χ4n) is 9.13. The molecule has 62 heavy (non-hydrogen) atoms. The average molecular weight is 842 g/mol. The lowest BCUT2D eigenvalue weighted by atomic mass is 9.88. The molecule has 0 spiro atoms. The number of hydrogen-bond donors (Lipinski definition) is 2. The standard InChI is InChI=1S/C46H51N9O7/c47-42-40-41(31-8-11-35(12-9-31)62-34-6-2-1-3-7-34)51-55(43(40)49-29-48-42)33-5-4-18-53(28-33)22-24-61-26-25-60-23-21-52-19-16-30(17-20-52)32-10-13-36-37(27-32)46(59)54(45(36)58)38-14-15-39(56)50-44(38)57/h1-3,6-13,27,29-30,33,38H,4-5,14-26,28H2,(H2,47,48,49)(H,50,56,57). The molecule has 0 saturated carbocycles. The molecular formula is C46H51N9O7. The monoisotopic (exact) mass is 841 g/mol. The Morgan fingerprint density at radius 1 is 0.742 bits per heavy atom. The summed E-state index contributed by atoms with van der Waals surface area (Å²) in [5.74, 6) is 0.245. The van der Waals surface area contributed by atoms with Gasteiger partial charge in [0.1, 0.15) is 35.4 Å². The molecule has 3 aromatic carbocycles. The third-order valence-corrected chi connectivity index (χ3v) is 12.4. The second-order valence-electron chi connectivity index (χ2n) is 16.4. The SMILES string of the molecule is Nc1ncnc2c1c(-c1ccc(Oc3ccccc3)cc1)nn2C1CCCN(CCOCCOCCN2CCC(c3ccc4c(c3)C(=O)N(C3CCC(=O)NC3=O)C4=O)CC2)C1. The number of nitrogens with zero attached hydrogens (tertiary/aromatic N) is 7. The molecule has 322 valence electrons. The molecule has 3 saturated heterocycles. The van der Waals surface area contributed by atoms with Crippen LogP contribution in [0.25, 0.3) is 22.3 Å². The van der Waals surface area contributed by atoms with Crippen molar-refractivity contribution in [2.24, 2.45) is 0 Å². The highest BCUT2D eigenvalue weighted by Crippen LogP contribution is 2.36. The first kappa shape index (κ1) is 41.3. The molecule has 4 aliphatic heterocycles. The molecule has 5 aromatic rings. The second kappa shape index (κ2) is 18.5. The van der Waals surface area contributed by atoms with Gasteiger partial charge in [-0.05, 0) is 112 Å². The van der Waals surface area contributed by atoms with E-state index in [1.165, 1.54) is 6.33 Å². The van der Waals surface area contributed by atoms with E-state index in [9.17, 15) is 19.2 Å². The summed E-state index contributed by atoms with van der Waals surface area (Å²) in [6, 6.07) is 22.2. The smallest absolute Gasteiger partial charge is 0.262 e. The number of likely N-dealkylation sites (tertiary alicyclic amines) is 2. The lowest BCUT2D eigenvalue weighted by Gasteiger charge is -2.32. The minimum Gasteiger partial charge on any atom is -0.457 e. The van der Waals surface area contributed by atoms with Crippen LogP contribution in [0, 0.1) is 0 Å². The summed E-state index contributed by atoms with van der Waals surface area (Å²) in [7, 11) is 0.